The van der Waals surface area contributed by atoms with Gasteiger partial charge in [-0.3, -0.25) is 4.79 Å². The van der Waals surface area contributed by atoms with Crippen molar-refractivity contribution in [2.75, 3.05) is 6.61 Å². The van der Waals surface area contributed by atoms with Crippen LogP contribution in [0.4, 0.5) is 8.78 Å². The molecule has 134 valence electrons. The van der Waals surface area contributed by atoms with Crippen LogP contribution >= 0.6 is 11.3 Å². The van der Waals surface area contributed by atoms with Crippen molar-refractivity contribution in [1.29, 1.82) is 0 Å². The van der Waals surface area contributed by atoms with Gasteiger partial charge < -0.3 is 10.1 Å². The number of amides is 1. The highest BCUT2D eigenvalue weighted by atomic mass is 32.1. The Kier molecular flexibility index (Phi) is 5.58. The van der Waals surface area contributed by atoms with Gasteiger partial charge in [-0.15, -0.1) is 11.3 Å². The molecule has 0 spiro atoms. The minimum Gasteiger partial charge on any atom is -0.494 e. The van der Waals surface area contributed by atoms with Crippen molar-refractivity contribution in [1.82, 2.24) is 10.3 Å². The summed E-state index contributed by atoms with van der Waals surface area (Å²) in [6, 6.07) is 10.4. The first-order chi connectivity index (χ1) is 12.6. The standard InChI is InChI=1S/C19H16F2N2O2S/c1-2-25-14-7-8-15(16(21)9-14)19-23-17(11-26-19)18(24)22-10-12-3-5-13(20)6-4-12/h3-9,11H,2,10H2,1H3,(H,22,24). The number of thiazole rings is 1. The molecule has 0 atom stereocenters. The Labute approximate surface area is 153 Å². The number of nitrogens with zero attached hydrogens (tertiary/aromatic N) is 1. The third kappa shape index (κ3) is 4.23. The predicted molar refractivity (Wildman–Crippen MR) is 96.2 cm³/mol. The number of carbonyl (C=O) groups excluding carboxylic acids is 1. The fourth-order valence-corrected chi connectivity index (χ4v) is 3.13. The molecule has 0 saturated carbocycles. The third-order valence-corrected chi connectivity index (χ3v) is 4.46. The van der Waals surface area contributed by atoms with Gasteiger partial charge in [-0.25, -0.2) is 13.8 Å². The fourth-order valence-electron chi connectivity index (χ4n) is 2.30. The summed E-state index contributed by atoms with van der Waals surface area (Å²) in [5.74, 6) is -0.712. The van der Waals surface area contributed by atoms with Crippen LogP contribution in [0.1, 0.15) is 23.0 Å². The largest absolute Gasteiger partial charge is 0.494 e. The summed E-state index contributed by atoms with van der Waals surface area (Å²) in [5, 5.41) is 4.70. The number of rotatable bonds is 6. The summed E-state index contributed by atoms with van der Waals surface area (Å²) in [6.45, 7) is 2.53. The molecule has 4 nitrogen and oxygen atoms in total. The highest BCUT2D eigenvalue weighted by Crippen LogP contribution is 2.29. The molecular formula is C19H16F2N2O2S. The van der Waals surface area contributed by atoms with E-state index in [1.54, 1.807) is 29.6 Å². The maximum absolute atomic E-state index is 14.2. The van der Waals surface area contributed by atoms with Crippen molar-refractivity contribution in [2.45, 2.75) is 13.5 Å². The van der Waals surface area contributed by atoms with Crippen molar-refractivity contribution in [3.8, 4) is 16.3 Å². The monoisotopic (exact) mass is 374 g/mol. The zero-order valence-electron chi connectivity index (χ0n) is 14.0. The molecule has 0 fully saturated rings. The highest BCUT2D eigenvalue weighted by molar-refractivity contribution is 7.13. The summed E-state index contributed by atoms with van der Waals surface area (Å²) in [6.07, 6.45) is 0. The van der Waals surface area contributed by atoms with E-state index < -0.39 is 5.82 Å². The fraction of sp³-hybridized carbons (Fsp3) is 0.158. The van der Waals surface area contributed by atoms with Crippen LogP contribution in [0.3, 0.4) is 0 Å². The summed E-state index contributed by atoms with van der Waals surface area (Å²) in [7, 11) is 0. The van der Waals surface area contributed by atoms with Crippen molar-refractivity contribution < 1.29 is 18.3 Å². The lowest BCUT2D eigenvalue weighted by Crippen LogP contribution is -2.23. The first-order valence-corrected chi connectivity index (χ1v) is 8.85. The molecule has 0 unspecified atom stereocenters. The van der Waals surface area contributed by atoms with Gasteiger partial charge in [0.1, 0.15) is 28.1 Å². The van der Waals surface area contributed by atoms with Gasteiger partial charge in [0.2, 0.25) is 0 Å². The van der Waals surface area contributed by atoms with Crippen LogP contribution in [0.15, 0.2) is 47.8 Å². The molecule has 1 aromatic heterocycles. The van der Waals surface area contributed by atoms with E-state index in [2.05, 4.69) is 10.3 Å². The number of aromatic nitrogens is 1. The molecule has 0 radical (unpaired) electrons. The molecule has 2 aromatic carbocycles. The smallest absolute Gasteiger partial charge is 0.271 e. The number of hydrogen-bond donors (Lipinski definition) is 1. The molecule has 0 aliphatic carbocycles. The van der Waals surface area contributed by atoms with Crippen molar-refractivity contribution in [3.05, 3.63) is 70.7 Å². The summed E-state index contributed by atoms with van der Waals surface area (Å²) in [4.78, 5) is 16.4. The SMILES string of the molecule is CCOc1ccc(-c2nc(C(=O)NCc3ccc(F)cc3)cs2)c(F)c1. The Morgan fingerprint density at radius 1 is 1.19 bits per heavy atom. The predicted octanol–water partition coefficient (Wildman–Crippen LogP) is 4.42. The lowest BCUT2D eigenvalue weighted by atomic mass is 10.2. The number of nitrogens with one attached hydrogen (secondary N) is 1. The molecular weight excluding hydrogens is 358 g/mol. The second-order valence-corrected chi connectivity index (χ2v) is 6.28. The number of carbonyl (C=O) groups is 1. The first-order valence-electron chi connectivity index (χ1n) is 7.97. The molecule has 0 aliphatic heterocycles. The molecule has 0 bridgehead atoms. The van der Waals surface area contributed by atoms with Crippen molar-refractivity contribution in [2.24, 2.45) is 0 Å². The van der Waals surface area contributed by atoms with E-state index in [-0.39, 0.29) is 24.0 Å². The minimum absolute atomic E-state index is 0.209. The number of hydrogen-bond acceptors (Lipinski definition) is 4. The average molecular weight is 374 g/mol. The van der Waals surface area contributed by atoms with E-state index in [1.165, 1.54) is 29.5 Å². The van der Waals surface area contributed by atoms with Crippen molar-refractivity contribution >= 4 is 17.2 Å². The Balaban J connectivity index is 1.69. The third-order valence-electron chi connectivity index (χ3n) is 3.59. The van der Waals surface area contributed by atoms with Gasteiger partial charge in [0.15, 0.2) is 0 Å². The molecule has 26 heavy (non-hydrogen) atoms. The Hall–Kier alpha value is -2.80. The molecule has 1 amide bonds. The van der Waals surface area contributed by atoms with Crippen LogP contribution in [-0.2, 0) is 6.54 Å². The normalized spacial score (nSPS) is 10.6. The molecule has 0 aliphatic rings. The number of ether oxygens (including phenoxy) is 1. The summed E-state index contributed by atoms with van der Waals surface area (Å²) in [5.41, 5.74) is 1.30. The van der Waals surface area contributed by atoms with E-state index in [4.69, 9.17) is 4.74 Å². The maximum Gasteiger partial charge on any atom is 0.271 e. The zero-order chi connectivity index (χ0) is 18.5. The van der Waals surface area contributed by atoms with Gasteiger partial charge in [-0.05, 0) is 36.8 Å². The number of halogens is 2. The Morgan fingerprint density at radius 2 is 1.96 bits per heavy atom. The topological polar surface area (TPSA) is 51.2 Å². The van der Waals surface area contributed by atoms with Crippen molar-refractivity contribution in [3.63, 3.8) is 0 Å². The van der Waals surface area contributed by atoms with Crippen LogP contribution < -0.4 is 10.1 Å². The quantitative estimate of drug-likeness (QED) is 0.695. The molecule has 3 rings (SSSR count). The second-order valence-electron chi connectivity index (χ2n) is 5.42. The lowest BCUT2D eigenvalue weighted by Gasteiger charge is -2.05. The molecule has 0 saturated heterocycles. The van der Waals surface area contributed by atoms with Crippen LogP contribution in [0.2, 0.25) is 0 Å². The molecule has 3 aromatic rings. The summed E-state index contributed by atoms with van der Waals surface area (Å²) >= 11 is 1.19. The molecule has 7 heteroatoms. The van der Waals surface area contributed by atoms with Gasteiger partial charge in [0.25, 0.3) is 5.91 Å². The lowest BCUT2D eigenvalue weighted by molar-refractivity contribution is 0.0946. The zero-order valence-corrected chi connectivity index (χ0v) is 14.8. The van der Waals surface area contributed by atoms with Crippen LogP contribution in [0, 0.1) is 11.6 Å². The van der Waals surface area contributed by atoms with E-state index in [1.807, 2.05) is 6.92 Å². The van der Waals surface area contributed by atoms with E-state index in [9.17, 15) is 13.6 Å². The molecule has 1 N–H and O–H groups in total. The maximum atomic E-state index is 14.2. The van der Waals surface area contributed by atoms with E-state index >= 15 is 0 Å². The van der Waals surface area contributed by atoms with Crippen LogP contribution in [0.5, 0.6) is 5.75 Å². The van der Waals surface area contributed by atoms with Gasteiger partial charge in [0, 0.05) is 23.6 Å². The average Bonchev–Trinajstić information content (AvgIpc) is 3.11. The Morgan fingerprint density at radius 3 is 2.65 bits per heavy atom. The van der Waals surface area contributed by atoms with E-state index in [0.717, 1.165) is 5.56 Å². The van der Waals surface area contributed by atoms with Crippen LogP contribution in [0.25, 0.3) is 10.6 Å². The van der Waals surface area contributed by atoms with E-state index in [0.29, 0.717) is 22.9 Å². The second kappa shape index (κ2) is 8.05. The van der Waals surface area contributed by atoms with Crippen LogP contribution in [-0.4, -0.2) is 17.5 Å². The van der Waals surface area contributed by atoms with Gasteiger partial charge >= 0.3 is 0 Å². The minimum atomic E-state index is -0.455. The van der Waals surface area contributed by atoms with Gasteiger partial charge in [0.05, 0.1) is 6.61 Å². The number of benzene rings is 2. The highest BCUT2D eigenvalue weighted by Gasteiger charge is 2.15. The summed E-state index contributed by atoms with van der Waals surface area (Å²) < 4.78 is 32.4. The van der Waals surface area contributed by atoms with Gasteiger partial charge in [-0.2, -0.15) is 0 Å². The Bertz CT molecular complexity index is 910. The first kappa shape index (κ1) is 18.0. The van der Waals surface area contributed by atoms with Gasteiger partial charge in [-0.1, -0.05) is 12.1 Å². The molecule has 1 heterocycles.